The van der Waals surface area contributed by atoms with Gasteiger partial charge in [0, 0.05) is 45.1 Å². The number of alkyl halides is 2. The van der Waals surface area contributed by atoms with Crippen molar-refractivity contribution in [2.24, 2.45) is 5.92 Å². The molecule has 0 radical (unpaired) electrons. The van der Waals surface area contributed by atoms with E-state index in [1.807, 2.05) is 19.1 Å². The van der Waals surface area contributed by atoms with Crippen LogP contribution in [0, 0.1) is 12.8 Å². The third kappa shape index (κ3) is 5.37. The lowest BCUT2D eigenvalue weighted by molar-refractivity contribution is -0.139. The van der Waals surface area contributed by atoms with Gasteiger partial charge in [0.15, 0.2) is 0 Å². The van der Waals surface area contributed by atoms with E-state index in [1.54, 1.807) is 23.1 Å². The molecule has 3 fully saturated rings. The van der Waals surface area contributed by atoms with Crippen LogP contribution in [-0.4, -0.2) is 67.7 Å². The number of halogens is 2. The highest BCUT2D eigenvalue weighted by Crippen LogP contribution is 2.38. The summed E-state index contributed by atoms with van der Waals surface area (Å²) in [7, 11) is -3.97. The molecule has 1 amide bonds. The number of carbonyl (C=O) groups is 1. The first-order chi connectivity index (χ1) is 17.1. The minimum absolute atomic E-state index is 0.202. The molecule has 0 N–H and O–H groups in total. The van der Waals surface area contributed by atoms with Gasteiger partial charge in [0.1, 0.15) is 10.9 Å². The Bertz CT molecular complexity index is 1100. The quantitative estimate of drug-likeness (QED) is 0.463. The van der Waals surface area contributed by atoms with Crippen LogP contribution in [0.4, 0.5) is 14.5 Å². The first kappa shape index (κ1) is 26.8. The molecule has 4 rings (SSSR count). The number of amides is 1. The van der Waals surface area contributed by atoms with Gasteiger partial charge in [0.05, 0.1) is 5.69 Å². The van der Waals surface area contributed by atoms with Crippen LogP contribution in [0.1, 0.15) is 50.5 Å². The number of anilines is 1. The molecule has 9 heteroatoms. The van der Waals surface area contributed by atoms with Crippen LogP contribution in [0.2, 0.25) is 0 Å². The second-order valence-electron chi connectivity index (χ2n) is 10.3. The van der Waals surface area contributed by atoms with E-state index in [1.165, 1.54) is 4.31 Å². The average Bonchev–Trinajstić information content (AvgIpc) is 3.52. The molecule has 6 nitrogen and oxygen atoms in total. The maximum absolute atomic E-state index is 14.0. The van der Waals surface area contributed by atoms with Gasteiger partial charge >= 0.3 is 0 Å². The molecule has 0 spiro atoms. The maximum Gasteiger partial charge on any atom is 0.248 e. The lowest BCUT2D eigenvalue weighted by atomic mass is 9.90. The fourth-order valence-electron chi connectivity index (χ4n) is 5.78. The van der Waals surface area contributed by atoms with E-state index in [4.69, 9.17) is 0 Å². The molecule has 2 heterocycles. The summed E-state index contributed by atoms with van der Waals surface area (Å²) < 4.78 is 56.9. The zero-order valence-corrected chi connectivity index (χ0v) is 21.9. The van der Waals surface area contributed by atoms with Crippen LogP contribution < -0.4 is 4.90 Å². The van der Waals surface area contributed by atoms with Crippen LogP contribution in [0.15, 0.2) is 48.4 Å². The number of sulfonamides is 1. The molecule has 0 unspecified atom stereocenters. The van der Waals surface area contributed by atoms with E-state index < -0.39 is 22.0 Å². The van der Waals surface area contributed by atoms with Gasteiger partial charge in [0.2, 0.25) is 21.9 Å². The van der Waals surface area contributed by atoms with Gasteiger partial charge in [-0.15, -0.1) is 13.2 Å². The lowest BCUT2D eigenvalue weighted by Crippen LogP contribution is -2.52. The first-order valence-electron chi connectivity index (χ1n) is 12.9. The van der Waals surface area contributed by atoms with Crippen LogP contribution in [0.3, 0.4) is 0 Å². The number of benzene rings is 1. The Hall–Kier alpha value is -2.26. The van der Waals surface area contributed by atoms with Crippen molar-refractivity contribution in [2.75, 3.05) is 31.1 Å². The van der Waals surface area contributed by atoms with Gasteiger partial charge in [-0.1, -0.05) is 18.2 Å². The molecule has 1 aromatic rings. The molecule has 36 heavy (non-hydrogen) atoms. The molecule has 198 valence electrons. The molecular formula is C27H37F2N3O3S. The van der Waals surface area contributed by atoms with Crippen molar-refractivity contribution in [3.63, 3.8) is 0 Å². The molecule has 2 saturated heterocycles. The van der Waals surface area contributed by atoms with Crippen molar-refractivity contribution >= 4 is 21.6 Å². The summed E-state index contributed by atoms with van der Waals surface area (Å²) >= 11 is 0. The Morgan fingerprint density at radius 3 is 2.53 bits per heavy atom. The summed E-state index contributed by atoms with van der Waals surface area (Å²) in [5.41, 5.74) is 1.63. The smallest absolute Gasteiger partial charge is 0.248 e. The highest BCUT2D eigenvalue weighted by Gasteiger charge is 2.45. The average molecular weight is 522 g/mol. The van der Waals surface area contributed by atoms with Crippen LogP contribution in [0.25, 0.3) is 0 Å². The summed E-state index contributed by atoms with van der Waals surface area (Å²) in [6.07, 6.45) is 5.27. The molecule has 1 aromatic carbocycles. The predicted molar refractivity (Wildman–Crippen MR) is 138 cm³/mol. The zero-order valence-electron chi connectivity index (χ0n) is 21.0. The molecule has 3 aliphatic rings. The summed E-state index contributed by atoms with van der Waals surface area (Å²) in [5, 5.41) is 0. The van der Waals surface area contributed by atoms with Crippen LogP contribution >= 0.6 is 0 Å². The van der Waals surface area contributed by atoms with Crippen molar-refractivity contribution in [3.05, 3.63) is 49.1 Å². The van der Waals surface area contributed by atoms with Gasteiger partial charge in [-0.05, 0) is 62.6 Å². The van der Waals surface area contributed by atoms with E-state index in [9.17, 15) is 22.0 Å². The van der Waals surface area contributed by atoms with Crippen LogP contribution in [-0.2, 0) is 14.8 Å². The van der Waals surface area contributed by atoms with Gasteiger partial charge in [-0.3, -0.25) is 4.79 Å². The number of carbonyl (C=O) groups excluding carboxylic acids is 1. The summed E-state index contributed by atoms with van der Waals surface area (Å²) in [5.74, 6) is -2.71. The van der Waals surface area contributed by atoms with Crippen molar-refractivity contribution in [1.29, 1.82) is 0 Å². The number of hydrogen-bond donors (Lipinski definition) is 0. The van der Waals surface area contributed by atoms with E-state index >= 15 is 0 Å². The Labute approximate surface area is 213 Å². The molecular weight excluding hydrogens is 484 g/mol. The normalized spacial score (nSPS) is 25.1. The highest BCUT2D eigenvalue weighted by molar-refractivity contribution is 7.89. The minimum Gasteiger partial charge on any atom is -0.370 e. The van der Waals surface area contributed by atoms with Crippen molar-refractivity contribution in [1.82, 2.24) is 9.21 Å². The van der Waals surface area contributed by atoms with Gasteiger partial charge in [0.25, 0.3) is 0 Å². The number of rotatable bonds is 8. The first-order valence-corrected chi connectivity index (χ1v) is 14.3. The molecule has 2 atom stereocenters. The Morgan fingerprint density at radius 1 is 1.17 bits per heavy atom. The lowest BCUT2D eigenvalue weighted by Gasteiger charge is -2.38. The van der Waals surface area contributed by atoms with E-state index in [2.05, 4.69) is 18.1 Å². The zero-order chi connectivity index (χ0) is 26.1. The minimum atomic E-state index is -3.97. The fourth-order valence-corrected chi connectivity index (χ4v) is 7.62. The fraction of sp³-hybridized carbons (Fsp3) is 0.593. The third-order valence-electron chi connectivity index (χ3n) is 7.82. The molecule has 2 aliphatic heterocycles. The second kappa shape index (κ2) is 10.6. The van der Waals surface area contributed by atoms with E-state index in [-0.39, 0.29) is 55.6 Å². The largest absolute Gasteiger partial charge is 0.370 e. The molecule has 1 aliphatic carbocycles. The topological polar surface area (TPSA) is 60.9 Å². The van der Waals surface area contributed by atoms with Gasteiger partial charge in [-0.2, -0.15) is 4.31 Å². The summed E-state index contributed by atoms with van der Waals surface area (Å²) in [6, 6.07) is 4.15. The SMILES string of the molecule is C=CCN(C(=O)[C@@H]1CCCN1S(=O)(=O)c1ccc(C)cc1N1CC[C@H](C=C)C1)C1CCC(F)(F)CC1. The Kier molecular flexibility index (Phi) is 7.90. The van der Waals surface area contributed by atoms with Crippen LogP contribution in [0.5, 0.6) is 0 Å². The van der Waals surface area contributed by atoms with Crippen molar-refractivity contribution < 1.29 is 22.0 Å². The van der Waals surface area contributed by atoms with Crippen molar-refractivity contribution in [3.8, 4) is 0 Å². The number of hydrogen-bond acceptors (Lipinski definition) is 4. The molecule has 0 bridgehead atoms. The third-order valence-corrected chi connectivity index (χ3v) is 9.78. The number of nitrogens with zero attached hydrogens (tertiary/aromatic N) is 3. The van der Waals surface area contributed by atoms with E-state index in [0.29, 0.717) is 31.0 Å². The van der Waals surface area contributed by atoms with Gasteiger partial charge in [-0.25, -0.2) is 17.2 Å². The summed E-state index contributed by atoms with van der Waals surface area (Å²) in [4.78, 5) is 17.6. The maximum atomic E-state index is 14.0. The Morgan fingerprint density at radius 2 is 1.89 bits per heavy atom. The second-order valence-corrected chi connectivity index (χ2v) is 12.2. The summed E-state index contributed by atoms with van der Waals surface area (Å²) in [6.45, 7) is 11.5. The number of aryl methyl sites for hydroxylation is 1. The molecule has 1 saturated carbocycles. The highest BCUT2D eigenvalue weighted by atomic mass is 32.2. The van der Waals surface area contributed by atoms with Crippen molar-refractivity contribution in [2.45, 2.75) is 74.8 Å². The Balaban J connectivity index is 1.61. The van der Waals surface area contributed by atoms with Gasteiger partial charge < -0.3 is 9.80 Å². The molecule has 0 aromatic heterocycles. The predicted octanol–water partition coefficient (Wildman–Crippen LogP) is 4.75. The van der Waals surface area contributed by atoms with E-state index in [0.717, 1.165) is 18.5 Å². The standard InChI is InChI=1S/C27H37F2N3O3S/c1-4-15-31(22-10-13-27(28,29)14-11-22)26(33)23-7-6-16-32(23)36(34,35)25-9-8-20(3)18-24(25)30-17-12-21(5-2)19-30/h4-5,8-9,18,21-23H,1-2,6-7,10-17,19H2,3H3/t21-,23-/m0/s1. The monoisotopic (exact) mass is 521 g/mol.